The lowest BCUT2D eigenvalue weighted by Gasteiger charge is -2.23. The van der Waals surface area contributed by atoms with E-state index in [0.717, 1.165) is 35.4 Å². The van der Waals surface area contributed by atoms with Crippen molar-refractivity contribution >= 4 is 50.6 Å². The highest BCUT2D eigenvalue weighted by atomic mass is 33.1. The van der Waals surface area contributed by atoms with Gasteiger partial charge in [0.2, 0.25) is 0 Å². The summed E-state index contributed by atoms with van der Waals surface area (Å²) in [5.74, 6) is 0.748. The maximum absolute atomic E-state index is 12.4. The normalized spacial score (nSPS) is 19.7. The molecule has 0 unspecified atom stereocenters. The Morgan fingerprint density at radius 2 is 2.00 bits per heavy atom. The quantitative estimate of drug-likeness (QED) is 0.256. The Morgan fingerprint density at radius 1 is 1.31 bits per heavy atom. The lowest BCUT2D eigenvalue weighted by molar-refractivity contribution is 0.135. The Kier molecular flexibility index (Phi) is 6.80. The van der Waals surface area contributed by atoms with Crippen molar-refractivity contribution in [3.63, 3.8) is 0 Å². The monoisotopic (exact) mass is 452 g/mol. The van der Waals surface area contributed by atoms with Crippen molar-refractivity contribution in [3.05, 3.63) is 29.8 Å². The van der Waals surface area contributed by atoms with E-state index >= 15 is 0 Å². The number of aliphatic imine (C=N–C) groups is 1. The summed E-state index contributed by atoms with van der Waals surface area (Å²) >= 11 is 1.66. The maximum atomic E-state index is 12.4. The second-order valence-corrected chi connectivity index (χ2v) is 12.4. The summed E-state index contributed by atoms with van der Waals surface area (Å²) in [7, 11) is 4.52. The fourth-order valence-corrected chi connectivity index (χ4v) is 5.69. The molecule has 9 heteroatoms. The number of oxime groups is 1. The van der Waals surface area contributed by atoms with E-state index in [4.69, 9.17) is 4.84 Å². The summed E-state index contributed by atoms with van der Waals surface area (Å²) in [6.07, 6.45) is 0.484. The summed E-state index contributed by atoms with van der Waals surface area (Å²) < 4.78 is 1.19. The molecule has 2 aliphatic rings. The molecule has 1 fully saturated rings. The summed E-state index contributed by atoms with van der Waals surface area (Å²) in [4.78, 5) is 25.3. The molecule has 0 atom stereocenters. The minimum atomic E-state index is -0.496. The maximum Gasteiger partial charge on any atom is 0.446 e. The second-order valence-electron chi connectivity index (χ2n) is 8.48. The van der Waals surface area contributed by atoms with Crippen LogP contribution in [0, 0.1) is 0 Å². The van der Waals surface area contributed by atoms with Gasteiger partial charge in [-0.3, -0.25) is 9.83 Å². The highest BCUT2D eigenvalue weighted by Crippen LogP contribution is 2.39. The molecule has 0 aromatic heterocycles. The van der Waals surface area contributed by atoms with Crippen molar-refractivity contribution in [2.45, 2.75) is 56.1 Å². The van der Waals surface area contributed by atoms with Gasteiger partial charge in [-0.05, 0) is 54.2 Å². The minimum absolute atomic E-state index is 0.126. The number of nitrogens with zero attached hydrogens (tertiary/aromatic N) is 4. The lowest BCUT2D eigenvalue weighted by Crippen LogP contribution is -2.39. The Balaban J connectivity index is 1.56. The van der Waals surface area contributed by atoms with Crippen molar-refractivity contribution in [1.82, 2.24) is 9.21 Å². The number of amidine groups is 2. The van der Waals surface area contributed by atoms with E-state index in [2.05, 4.69) is 73.9 Å². The third kappa shape index (κ3) is 5.44. The first-order valence-corrected chi connectivity index (χ1v) is 12.5. The van der Waals surface area contributed by atoms with Crippen LogP contribution in [0.4, 0.5) is 4.79 Å². The van der Waals surface area contributed by atoms with Crippen molar-refractivity contribution in [2.75, 3.05) is 20.1 Å². The Hall–Kier alpha value is -1.32. The van der Waals surface area contributed by atoms with Crippen LogP contribution < -0.4 is 0 Å². The fraction of sp³-hybridized carbons (Fsp3) is 0.550. The van der Waals surface area contributed by atoms with E-state index in [-0.39, 0.29) is 10.2 Å². The van der Waals surface area contributed by atoms with Gasteiger partial charge in [0.05, 0.1) is 4.75 Å². The van der Waals surface area contributed by atoms with Crippen LogP contribution in [0.2, 0.25) is 0 Å². The van der Waals surface area contributed by atoms with Crippen LogP contribution in [0.25, 0.3) is 0 Å². The van der Waals surface area contributed by atoms with E-state index in [9.17, 15) is 4.79 Å². The van der Waals surface area contributed by atoms with E-state index in [1.54, 1.807) is 18.8 Å². The van der Waals surface area contributed by atoms with Crippen LogP contribution in [0.5, 0.6) is 0 Å². The van der Waals surface area contributed by atoms with Gasteiger partial charge in [0, 0.05) is 36.0 Å². The van der Waals surface area contributed by atoms with Crippen LogP contribution in [0.1, 0.15) is 46.6 Å². The molecule has 158 valence electrons. The van der Waals surface area contributed by atoms with Gasteiger partial charge in [0.15, 0.2) is 11.0 Å². The van der Waals surface area contributed by atoms with Gasteiger partial charge in [-0.25, -0.2) is 9.10 Å². The Bertz CT molecular complexity index is 816. The van der Waals surface area contributed by atoms with Crippen LogP contribution >= 0.6 is 33.5 Å². The van der Waals surface area contributed by atoms with Crippen molar-refractivity contribution in [3.8, 4) is 0 Å². The Labute approximate surface area is 185 Å². The molecule has 29 heavy (non-hydrogen) atoms. The second kappa shape index (κ2) is 8.81. The minimum Gasteiger partial charge on any atom is -0.305 e. The summed E-state index contributed by atoms with van der Waals surface area (Å²) in [6.45, 7) is 12.4. The standard InChI is InChI=1S/C20H28N4O2S3/c1-19(2,3)14-8-10-15(11-9-14)28-29-23(6)18(25)26-22-16-20(4,5)27-17-21-12-7-13-24(16)17/h8-11H,7,12-13H2,1-6H3. The topological polar surface area (TPSA) is 57.5 Å². The van der Waals surface area contributed by atoms with Crippen molar-refractivity contribution < 1.29 is 9.63 Å². The van der Waals surface area contributed by atoms with Gasteiger partial charge in [0.1, 0.15) is 0 Å². The van der Waals surface area contributed by atoms with Crippen molar-refractivity contribution in [1.29, 1.82) is 0 Å². The summed E-state index contributed by atoms with van der Waals surface area (Å²) in [5.41, 5.74) is 1.41. The highest BCUT2D eigenvalue weighted by Gasteiger charge is 2.44. The number of hydrogen-bond acceptors (Lipinski definition) is 7. The zero-order valence-electron chi connectivity index (χ0n) is 17.8. The number of rotatable bonds is 4. The third-order valence-corrected chi connectivity index (χ3v) is 8.20. The molecule has 6 nitrogen and oxygen atoms in total. The van der Waals surface area contributed by atoms with E-state index in [1.807, 2.05) is 0 Å². The fourth-order valence-electron chi connectivity index (χ4n) is 2.91. The smallest absolute Gasteiger partial charge is 0.305 e. The molecule has 0 saturated carbocycles. The molecular weight excluding hydrogens is 424 g/mol. The van der Waals surface area contributed by atoms with E-state index in [0.29, 0.717) is 0 Å². The molecule has 0 N–H and O–H groups in total. The average Bonchev–Trinajstić information content (AvgIpc) is 2.93. The number of hydrogen-bond donors (Lipinski definition) is 0. The number of thioether (sulfide) groups is 1. The zero-order valence-corrected chi connectivity index (χ0v) is 20.2. The zero-order chi connectivity index (χ0) is 21.2. The van der Waals surface area contributed by atoms with Crippen LogP contribution in [-0.2, 0) is 10.3 Å². The van der Waals surface area contributed by atoms with E-state index < -0.39 is 6.09 Å². The SMILES string of the molecule is CN(SSc1ccc(C(C)(C)C)cc1)C(=O)ON=C1N2CCCN=C2SC1(C)C. The molecule has 0 radical (unpaired) electrons. The van der Waals surface area contributed by atoms with Crippen LogP contribution in [0.15, 0.2) is 39.3 Å². The number of benzene rings is 1. The number of amides is 1. The van der Waals surface area contributed by atoms with Gasteiger partial charge in [-0.2, -0.15) is 0 Å². The van der Waals surface area contributed by atoms with Gasteiger partial charge >= 0.3 is 6.09 Å². The summed E-state index contributed by atoms with van der Waals surface area (Å²) in [5, 5.41) is 5.17. The predicted octanol–water partition coefficient (Wildman–Crippen LogP) is 5.61. The molecule has 1 aromatic rings. The molecule has 0 aliphatic carbocycles. The first-order chi connectivity index (χ1) is 13.6. The van der Waals surface area contributed by atoms with E-state index in [1.165, 1.54) is 31.6 Å². The lowest BCUT2D eigenvalue weighted by atomic mass is 9.87. The Morgan fingerprint density at radius 3 is 2.66 bits per heavy atom. The summed E-state index contributed by atoms with van der Waals surface area (Å²) in [6, 6.07) is 8.41. The van der Waals surface area contributed by atoms with Crippen molar-refractivity contribution in [2.24, 2.45) is 10.1 Å². The van der Waals surface area contributed by atoms with Crippen LogP contribution in [-0.4, -0.2) is 51.2 Å². The van der Waals surface area contributed by atoms with Gasteiger partial charge < -0.3 is 4.90 Å². The highest BCUT2D eigenvalue weighted by molar-refractivity contribution is 8.75. The van der Waals surface area contributed by atoms with Gasteiger partial charge in [-0.1, -0.05) is 49.8 Å². The first-order valence-electron chi connectivity index (χ1n) is 9.57. The van der Waals surface area contributed by atoms with Crippen LogP contribution in [0.3, 0.4) is 0 Å². The van der Waals surface area contributed by atoms with Gasteiger partial charge in [0.25, 0.3) is 0 Å². The molecule has 3 rings (SSSR count). The average molecular weight is 453 g/mol. The predicted molar refractivity (Wildman–Crippen MR) is 126 cm³/mol. The number of carbonyl (C=O) groups is 1. The molecule has 1 amide bonds. The molecule has 0 spiro atoms. The molecular formula is C20H28N4O2S3. The van der Waals surface area contributed by atoms with Gasteiger partial charge in [-0.15, -0.1) is 0 Å². The largest absolute Gasteiger partial charge is 0.446 e. The molecule has 1 saturated heterocycles. The molecule has 2 heterocycles. The third-order valence-electron chi connectivity index (χ3n) is 4.59. The number of fused-ring (bicyclic) bond motifs is 1. The number of carbonyl (C=O) groups excluding carboxylic acids is 1. The molecule has 0 bridgehead atoms. The molecule has 2 aliphatic heterocycles. The first kappa shape index (κ1) is 22.4. The molecule has 1 aromatic carbocycles.